The largest absolute Gasteiger partial charge is 0.319 e. The zero-order chi connectivity index (χ0) is 9.86. The standard InChI is InChI=1S/C12H24N2/c1-13-9-12(7-4-8-12)10-14-11-5-2-3-6-11/h11,13-14H,2-10H2,1H3. The molecule has 2 saturated carbocycles. The first-order valence-corrected chi connectivity index (χ1v) is 6.23. The molecule has 0 aliphatic heterocycles. The van der Waals surface area contributed by atoms with E-state index in [1.165, 1.54) is 58.0 Å². The van der Waals surface area contributed by atoms with Crippen molar-refractivity contribution in [3.05, 3.63) is 0 Å². The van der Waals surface area contributed by atoms with E-state index in [-0.39, 0.29) is 0 Å². The smallest absolute Gasteiger partial charge is 0.00673 e. The molecule has 0 bridgehead atoms. The third-order valence-corrected chi connectivity index (χ3v) is 4.09. The summed E-state index contributed by atoms with van der Waals surface area (Å²) in [6, 6.07) is 0.837. The summed E-state index contributed by atoms with van der Waals surface area (Å²) in [5.74, 6) is 0. The van der Waals surface area contributed by atoms with Gasteiger partial charge in [0.1, 0.15) is 0 Å². The highest BCUT2D eigenvalue weighted by Gasteiger charge is 2.36. The highest BCUT2D eigenvalue weighted by molar-refractivity contribution is 4.92. The Morgan fingerprint density at radius 1 is 1.07 bits per heavy atom. The Hall–Kier alpha value is -0.0800. The minimum atomic E-state index is 0.608. The van der Waals surface area contributed by atoms with Crippen LogP contribution in [0.5, 0.6) is 0 Å². The summed E-state index contributed by atoms with van der Waals surface area (Å²) in [6.07, 6.45) is 9.99. The third kappa shape index (κ3) is 2.29. The first-order chi connectivity index (χ1) is 6.85. The highest BCUT2D eigenvalue weighted by Crippen LogP contribution is 2.39. The first-order valence-electron chi connectivity index (χ1n) is 6.23. The molecular formula is C12H24N2. The summed E-state index contributed by atoms with van der Waals surface area (Å²) in [7, 11) is 2.08. The fraction of sp³-hybridized carbons (Fsp3) is 1.00. The highest BCUT2D eigenvalue weighted by atomic mass is 15.0. The van der Waals surface area contributed by atoms with Crippen LogP contribution in [0.25, 0.3) is 0 Å². The van der Waals surface area contributed by atoms with Crippen molar-refractivity contribution in [2.75, 3.05) is 20.1 Å². The topological polar surface area (TPSA) is 24.1 Å². The summed E-state index contributed by atoms with van der Waals surface area (Å²) >= 11 is 0. The van der Waals surface area contributed by atoms with Gasteiger partial charge in [-0.05, 0) is 38.1 Å². The molecule has 0 spiro atoms. The lowest BCUT2D eigenvalue weighted by atomic mass is 9.68. The molecule has 0 aromatic rings. The molecule has 0 heterocycles. The lowest BCUT2D eigenvalue weighted by Gasteiger charge is -2.42. The van der Waals surface area contributed by atoms with Gasteiger partial charge in [0.25, 0.3) is 0 Å². The summed E-state index contributed by atoms with van der Waals surface area (Å²) in [5, 5.41) is 7.12. The van der Waals surface area contributed by atoms with E-state index in [2.05, 4.69) is 17.7 Å². The summed E-state index contributed by atoms with van der Waals surface area (Å²) < 4.78 is 0. The molecule has 0 aromatic heterocycles. The van der Waals surface area contributed by atoms with E-state index in [1.807, 2.05) is 0 Å². The maximum Gasteiger partial charge on any atom is 0.00673 e. The van der Waals surface area contributed by atoms with Crippen LogP contribution in [0.1, 0.15) is 44.9 Å². The van der Waals surface area contributed by atoms with Gasteiger partial charge in [-0.2, -0.15) is 0 Å². The molecule has 0 aromatic carbocycles. The molecule has 2 nitrogen and oxygen atoms in total. The average molecular weight is 196 g/mol. The van der Waals surface area contributed by atoms with Gasteiger partial charge in [0, 0.05) is 19.1 Å². The SMILES string of the molecule is CNCC1(CNC2CCCC2)CCC1. The van der Waals surface area contributed by atoms with E-state index < -0.39 is 0 Å². The maximum absolute atomic E-state index is 3.77. The van der Waals surface area contributed by atoms with Crippen molar-refractivity contribution >= 4 is 0 Å². The Kier molecular flexibility index (Phi) is 3.45. The molecule has 0 amide bonds. The molecule has 2 rings (SSSR count). The van der Waals surface area contributed by atoms with Gasteiger partial charge < -0.3 is 10.6 Å². The van der Waals surface area contributed by atoms with Crippen LogP contribution in [0.4, 0.5) is 0 Å². The molecule has 2 N–H and O–H groups in total. The Labute approximate surface area is 87.8 Å². The van der Waals surface area contributed by atoms with Gasteiger partial charge in [-0.25, -0.2) is 0 Å². The Bertz CT molecular complexity index is 169. The monoisotopic (exact) mass is 196 g/mol. The molecule has 0 atom stereocenters. The zero-order valence-corrected chi connectivity index (χ0v) is 9.44. The van der Waals surface area contributed by atoms with Crippen molar-refractivity contribution in [2.45, 2.75) is 51.0 Å². The predicted molar refractivity (Wildman–Crippen MR) is 60.5 cm³/mol. The van der Waals surface area contributed by atoms with Crippen molar-refractivity contribution in [2.24, 2.45) is 5.41 Å². The third-order valence-electron chi connectivity index (χ3n) is 4.09. The van der Waals surface area contributed by atoms with Crippen LogP contribution < -0.4 is 10.6 Å². The molecule has 2 aliphatic carbocycles. The quantitative estimate of drug-likeness (QED) is 0.702. The molecule has 82 valence electrons. The molecular weight excluding hydrogens is 172 g/mol. The second kappa shape index (κ2) is 4.63. The van der Waals surface area contributed by atoms with Crippen LogP contribution in [0.15, 0.2) is 0 Å². The fourth-order valence-electron chi connectivity index (χ4n) is 2.96. The van der Waals surface area contributed by atoms with Gasteiger partial charge in [0.2, 0.25) is 0 Å². The van der Waals surface area contributed by atoms with Crippen LogP contribution in [-0.2, 0) is 0 Å². The Balaban J connectivity index is 1.71. The molecule has 0 radical (unpaired) electrons. The Morgan fingerprint density at radius 2 is 1.79 bits per heavy atom. The van der Waals surface area contributed by atoms with Crippen molar-refractivity contribution < 1.29 is 0 Å². The van der Waals surface area contributed by atoms with E-state index in [0.717, 1.165) is 6.04 Å². The molecule has 14 heavy (non-hydrogen) atoms. The van der Waals surface area contributed by atoms with Gasteiger partial charge in [-0.1, -0.05) is 19.3 Å². The van der Waals surface area contributed by atoms with Crippen LogP contribution in [0.3, 0.4) is 0 Å². The summed E-state index contributed by atoms with van der Waals surface area (Å²) in [4.78, 5) is 0. The maximum atomic E-state index is 3.77. The van der Waals surface area contributed by atoms with Gasteiger partial charge >= 0.3 is 0 Å². The van der Waals surface area contributed by atoms with Crippen molar-refractivity contribution in [3.8, 4) is 0 Å². The number of nitrogens with one attached hydrogen (secondary N) is 2. The van der Waals surface area contributed by atoms with Crippen LogP contribution in [0.2, 0.25) is 0 Å². The molecule has 0 unspecified atom stereocenters. The molecule has 0 saturated heterocycles. The molecule has 2 heteroatoms. The van der Waals surface area contributed by atoms with Gasteiger partial charge in [-0.3, -0.25) is 0 Å². The van der Waals surface area contributed by atoms with Gasteiger partial charge in [0.05, 0.1) is 0 Å². The summed E-state index contributed by atoms with van der Waals surface area (Å²) in [6.45, 7) is 2.45. The normalized spacial score (nSPS) is 26.4. The van der Waals surface area contributed by atoms with Gasteiger partial charge in [-0.15, -0.1) is 0 Å². The van der Waals surface area contributed by atoms with E-state index in [4.69, 9.17) is 0 Å². The van der Waals surface area contributed by atoms with E-state index in [0.29, 0.717) is 5.41 Å². The second-order valence-corrected chi connectivity index (χ2v) is 5.25. The minimum absolute atomic E-state index is 0.608. The van der Waals surface area contributed by atoms with Crippen LogP contribution in [0, 0.1) is 5.41 Å². The lowest BCUT2D eigenvalue weighted by Crippen LogP contribution is -2.48. The zero-order valence-electron chi connectivity index (χ0n) is 9.44. The van der Waals surface area contributed by atoms with Crippen molar-refractivity contribution in [1.82, 2.24) is 10.6 Å². The molecule has 2 fully saturated rings. The van der Waals surface area contributed by atoms with E-state index in [9.17, 15) is 0 Å². The van der Waals surface area contributed by atoms with Crippen molar-refractivity contribution in [1.29, 1.82) is 0 Å². The van der Waals surface area contributed by atoms with Crippen LogP contribution in [-0.4, -0.2) is 26.2 Å². The fourth-order valence-corrected chi connectivity index (χ4v) is 2.96. The van der Waals surface area contributed by atoms with Crippen LogP contribution >= 0.6 is 0 Å². The number of rotatable bonds is 5. The first kappa shape index (κ1) is 10.4. The average Bonchev–Trinajstić information content (AvgIpc) is 2.62. The lowest BCUT2D eigenvalue weighted by molar-refractivity contribution is 0.125. The molecule has 2 aliphatic rings. The predicted octanol–water partition coefficient (Wildman–Crippen LogP) is 1.91. The van der Waals surface area contributed by atoms with E-state index >= 15 is 0 Å². The minimum Gasteiger partial charge on any atom is -0.319 e. The summed E-state index contributed by atoms with van der Waals surface area (Å²) in [5.41, 5.74) is 0.608. The second-order valence-electron chi connectivity index (χ2n) is 5.25. The van der Waals surface area contributed by atoms with E-state index in [1.54, 1.807) is 0 Å². The Morgan fingerprint density at radius 3 is 2.29 bits per heavy atom. The number of hydrogen-bond acceptors (Lipinski definition) is 2. The number of hydrogen-bond donors (Lipinski definition) is 2. The van der Waals surface area contributed by atoms with Crippen molar-refractivity contribution in [3.63, 3.8) is 0 Å². The van der Waals surface area contributed by atoms with Gasteiger partial charge in [0.15, 0.2) is 0 Å².